The Labute approximate surface area is 124 Å². The van der Waals surface area contributed by atoms with Crippen molar-refractivity contribution in [2.45, 2.75) is 19.1 Å². The van der Waals surface area contributed by atoms with E-state index in [9.17, 15) is 10.2 Å². The first-order chi connectivity index (χ1) is 10.1. The molecule has 0 saturated carbocycles. The van der Waals surface area contributed by atoms with Crippen LogP contribution in [0.5, 0.6) is 11.5 Å². The average Bonchev–Trinajstić information content (AvgIpc) is 2.54. The first-order valence-electron chi connectivity index (χ1n) is 6.80. The minimum atomic E-state index is -0.915. The van der Waals surface area contributed by atoms with Gasteiger partial charge in [0.2, 0.25) is 0 Å². The summed E-state index contributed by atoms with van der Waals surface area (Å²) < 4.78 is 10.7. The lowest BCUT2D eigenvalue weighted by atomic mass is 10.0. The molecule has 0 spiro atoms. The van der Waals surface area contributed by atoms with Gasteiger partial charge in [-0.3, -0.25) is 0 Å². The van der Waals surface area contributed by atoms with Crippen molar-refractivity contribution in [3.8, 4) is 11.5 Å². The summed E-state index contributed by atoms with van der Waals surface area (Å²) in [6, 6.07) is 14.5. The van der Waals surface area contributed by atoms with Crippen molar-refractivity contribution in [2.75, 3.05) is 13.7 Å². The fourth-order valence-electron chi connectivity index (χ4n) is 2.01. The number of ether oxygens (including phenoxy) is 2. The SMILES string of the molecule is COc1ccc(C(O)C(CO)Oc2ccc(C)cc2)cc1. The third-order valence-electron chi connectivity index (χ3n) is 3.30. The fraction of sp³-hybridized carbons (Fsp3) is 0.294. The Kier molecular flexibility index (Phi) is 5.20. The monoisotopic (exact) mass is 288 g/mol. The zero-order chi connectivity index (χ0) is 15.2. The Bertz CT molecular complexity index is 548. The average molecular weight is 288 g/mol. The predicted octanol–water partition coefficient (Wildman–Crippen LogP) is 2.48. The van der Waals surface area contributed by atoms with E-state index in [0.717, 1.165) is 5.56 Å². The van der Waals surface area contributed by atoms with Gasteiger partial charge >= 0.3 is 0 Å². The zero-order valence-electron chi connectivity index (χ0n) is 12.2. The van der Waals surface area contributed by atoms with Crippen molar-refractivity contribution in [3.63, 3.8) is 0 Å². The third-order valence-corrected chi connectivity index (χ3v) is 3.30. The van der Waals surface area contributed by atoms with Crippen molar-refractivity contribution >= 4 is 0 Å². The van der Waals surface area contributed by atoms with E-state index in [2.05, 4.69) is 0 Å². The minimum Gasteiger partial charge on any atom is -0.497 e. The van der Waals surface area contributed by atoms with Crippen LogP contribution in [-0.2, 0) is 0 Å². The van der Waals surface area contributed by atoms with Crippen LogP contribution in [0, 0.1) is 6.92 Å². The summed E-state index contributed by atoms with van der Waals surface area (Å²) in [6.45, 7) is 1.71. The van der Waals surface area contributed by atoms with E-state index in [1.54, 1.807) is 31.4 Å². The van der Waals surface area contributed by atoms with Gasteiger partial charge in [-0.05, 0) is 36.8 Å². The molecule has 2 rings (SSSR count). The second kappa shape index (κ2) is 7.11. The Balaban J connectivity index is 2.09. The molecule has 4 heteroatoms. The summed E-state index contributed by atoms with van der Waals surface area (Å²) in [5.74, 6) is 1.33. The second-order valence-electron chi connectivity index (χ2n) is 4.87. The Morgan fingerprint density at radius 2 is 1.52 bits per heavy atom. The molecule has 0 fully saturated rings. The number of benzene rings is 2. The smallest absolute Gasteiger partial charge is 0.152 e. The van der Waals surface area contributed by atoms with Gasteiger partial charge in [0, 0.05) is 0 Å². The van der Waals surface area contributed by atoms with E-state index < -0.39 is 12.2 Å². The summed E-state index contributed by atoms with van der Waals surface area (Å²) in [4.78, 5) is 0. The van der Waals surface area contributed by atoms with Crippen LogP contribution in [0.15, 0.2) is 48.5 Å². The molecule has 21 heavy (non-hydrogen) atoms. The molecule has 2 atom stereocenters. The molecular formula is C17H20O4. The Morgan fingerprint density at radius 1 is 0.952 bits per heavy atom. The van der Waals surface area contributed by atoms with Crippen LogP contribution in [0.25, 0.3) is 0 Å². The maximum absolute atomic E-state index is 10.3. The molecule has 2 N–H and O–H groups in total. The molecule has 0 bridgehead atoms. The quantitative estimate of drug-likeness (QED) is 0.857. The van der Waals surface area contributed by atoms with Gasteiger partial charge in [0.15, 0.2) is 6.10 Å². The van der Waals surface area contributed by atoms with Gasteiger partial charge in [-0.1, -0.05) is 29.8 Å². The molecule has 0 saturated heterocycles. The lowest BCUT2D eigenvalue weighted by Gasteiger charge is -2.23. The van der Waals surface area contributed by atoms with Crippen LogP contribution in [0.3, 0.4) is 0 Å². The molecular weight excluding hydrogens is 268 g/mol. The maximum atomic E-state index is 10.3. The second-order valence-corrected chi connectivity index (χ2v) is 4.87. The van der Waals surface area contributed by atoms with Crippen LogP contribution in [-0.4, -0.2) is 30.0 Å². The van der Waals surface area contributed by atoms with E-state index in [-0.39, 0.29) is 6.61 Å². The lowest BCUT2D eigenvalue weighted by molar-refractivity contribution is 0.000753. The highest BCUT2D eigenvalue weighted by atomic mass is 16.5. The van der Waals surface area contributed by atoms with E-state index >= 15 is 0 Å². The fourth-order valence-corrected chi connectivity index (χ4v) is 2.01. The van der Waals surface area contributed by atoms with Crippen molar-refractivity contribution in [1.82, 2.24) is 0 Å². The molecule has 0 aromatic heterocycles. The van der Waals surface area contributed by atoms with Gasteiger partial charge in [0.1, 0.15) is 17.6 Å². The number of aliphatic hydroxyl groups excluding tert-OH is 2. The lowest BCUT2D eigenvalue weighted by Crippen LogP contribution is -2.29. The summed E-state index contributed by atoms with van der Waals surface area (Å²) >= 11 is 0. The number of aliphatic hydroxyl groups is 2. The summed E-state index contributed by atoms with van der Waals surface area (Å²) in [5, 5.41) is 19.8. The normalized spacial score (nSPS) is 13.5. The molecule has 0 heterocycles. The van der Waals surface area contributed by atoms with Crippen molar-refractivity contribution in [3.05, 3.63) is 59.7 Å². The number of hydrogen-bond acceptors (Lipinski definition) is 4. The molecule has 0 aliphatic carbocycles. The molecule has 0 aliphatic rings. The molecule has 0 radical (unpaired) electrons. The highest BCUT2D eigenvalue weighted by Crippen LogP contribution is 2.24. The Morgan fingerprint density at radius 3 is 2.05 bits per heavy atom. The number of methoxy groups -OCH3 is 1. The van der Waals surface area contributed by atoms with E-state index in [4.69, 9.17) is 9.47 Å². The van der Waals surface area contributed by atoms with Gasteiger partial charge in [0.25, 0.3) is 0 Å². The highest BCUT2D eigenvalue weighted by molar-refractivity contribution is 5.30. The van der Waals surface area contributed by atoms with Crippen molar-refractivity contribution in [1.29, 1.82) is 0 Å². The maximum Gasteiger partial charge on any atom is 0.152 e. The van der Waals surface area contributed by atoms with Gasteiger partial charge in [0.05, 0.1) is 13.7 Å². The molecule has 0 aliphatic heterocycles. The van der Waals surface area contributed by atoms with Crippen LogP contribution < -0.4 is 9.47 Å². The molecule has 112 valence electrons. The van der Waals surface area contributed by atoms with Gasteiger partial charge in [-0.25, -0.2) is 0 Å². The molecule has 0 amide bonds. The van der Waals surface area contributed by atoms with Crippen LogP contribution in [0.2, 0.25) is 0 Å². The summed E-state index contributed by atoms with van der Waals surface area (Å²) in [6.07, 6.45) is -1.64. The van der Waals surface area contributed by atoms with Crippen molar-refractivity contribution in [2.24, 2.45) is 0 Å². The van der Waals surface area contributed by atoms with Gasteiger partial charge < -0.3 is 19.7 Å². The summed E-state index contributed by atoms with van der Waals surface area (Å²) in [7, 11) is 1.59. The first kappa shape index (κ1) is 15.4. The van der Waals surface area contributed by atoms with Gasteiger partial charge in [-0.2, -0.15) is 0 Å². The first-order valence-corrected chi connectivity index (χ1v) is 6.80. The Hall–Kier alpha value is -2.04. The van der Waals surface area contributed by atoms with Gasteiger partial charge in [-0.15, -0.1) is 0 Å². The molecule has 2 unspecified atom stereocenters. The van der Waals surface area contributed by atoms with Crippen molar-refractivity contribution < 1.29 is 19.7 Å². The van der Waals surface area contributed by atoms with E-state index in [0.29, 0.717) is 17.1 Å². The minimum absolute atomic E-state index is 0.277. The number of rotatable bonds is 6. The zero-order valence-corrected chi connectivity index (χ0v) is 12.2. The predicted molar refractivity (Wildman–Crippen MR) is 80.6 cm³/mol. The standard InChI is InChI=1S/C17H20O4/c1-12-3-7-15(8-4-12)21-16(11-18)17(19)13-5-9-14(20-2)10-6-13/h3-10,16-19H,11H2,1-2H3. The van der Waals surface area contributed by atoms with E-state index in [1.807, 2.05) is 31.2 Å². The molecule has 2 aromatic rings. The molecule has 2 aromatic carbocycles. The van der Waals surface area contributed by atoms with E-state index in [1.165, 1.54) is 0 Å². The number of hydrogen-bond donors (Lipinski definition) is 2. The molecule has 4 nitrogen and oxygen atoms in total. The van der Waals surface area contributed by atoms with Crippen LogP contribution in [0.1, 0.15) is 17.2 Å². The third kappa shape index (κ3) is 3.97. The topological polar surface area (TPSA) is 58.9 Å². The largest absolute Gasteiger partial charge is 0.497 e. The summed E-state index contributed by atoms with van der Waals surface area (Å²) in [5.41, 5.74) is 1.79. The van der Waals surface area contributed by atoms with Crippen LogP contribution >= 0.6 is 0 Å². The highest BCUT2D eigenvalue weighted by Gasteiger charge is 2.22. The van der Waals surface area contributed by atoms with Crippen LogP contribution in [0.4, 0.5) is 0 Å². The number of aryl methyl sites for hydroxylation is 1.